The molecular weight excluding hydrogens is 283 g/mol. The predicted octanol–water partition coefficient (Wildman–Crippen LogP) is 3.32. The highest BCUT2D eigenvalue weighted by atomic mass is 35.5. The van der Waals surface area contributed by atoms with E-state index >= 15 is 0 Å². The van der Waals surface area contributed by atoms with Gasteiger partial charge in [-0.1, -0.05) is 11.6 Å². The molecule has 3 N–H and O–H groups in total. The highest BCUT2D eigenvalue weighted by Gasteiger charge is 2.14. The third-order valence-electron chi connectivity index (χ3n) is 2.65. The topological polar surface area (TPSA) is 64.3 Å². The lowest BCUT2D eigenvalue weighted by molar-refractivity contribution is 0.102. The summed E-state index contributed by atoms with van der Waals surface area (Å²) < 4.78 is 18.7. The first-order valence-electron chi connectivity index (χ1n) is 5.71. The molecule has 0 heterocycles. The summed E-state index contributed by atoms with van der Waals surface area (Å²) in [6.07, 6.45) is 0. The van der Waals surface area contributed by atoms with Gasteiger partial charge in [-0.15, -0.1) is 0 Å². The van der Waals surface area contributed by atoms with Gasteiger partial charge in [0.25, 0.3) is 5.91 Å². The molecule has 0 saturated carbocycles. The normalized spacial score (nSPS) is 10.2. The Morgan fingerprint density at radius 2 is 2.05 bits per heavy atom. The summed E-state index contributed by atoms with van der Waals surface area (Å²) in [5, 5.41) is 2.90. The molecule has 20 heavy (non-hydrogen) atoms. The van der Waals surface area contributed by atoms with E-state index in [2.05, 4.69) is 5.32 Å². The van der Waals surface area contributed by atoms with Gasteiger partial charge in [-0.25, -0.2) is 4.39 Å². The Balaban J connectivity index is 2.28. The minimum absolute atomic E-state index is 0.0428. The third kappa shape index (κ3) is 3.00. The van der Waals surface area contributed by atoms with Gasteiger partial charge in [-0.3, -0.25) is 4.79 Å². The maximum absolute atomic E-state index is 13.6. The molecule has 0 aliphatic heterocycles. The maximum atomic E-state index is 13.6. The van der Waals surface area contributed by atoms with Crippen molar-refractivity contribution in [2.75, 3.05) is 18.2 Å². The van der Waals surface area contributed by atoms with Gasteiger partial charge in [0.1, 0.15) is 11.6 Å². The van der Waals surface area contributed by atoms with Crippen LogP contribution in [-0.4, -0.2) is 13.0 Å². The fourth-order valence-electron chi connectivity index (χ4n) is 1.68. The second-order valence-corrected chi connectivity index (χ2v) is 4.47. The fourth-order valence-corrected chi connectivity index (χ4v) is 1.84. The number of methoxy groups -OCH3 is 1. The summed E-state index contributed by atoms with van der Waals surface area (Å²) >= 11 is 5.82. The minimum Gasteiger partial charge on any atom is -0.496 e. The molecule has 0 unspecified atom stereocenters. The molecule has 1 amide bonds. The third-order valence-corrected chi connectivity index (χ3v) is 2.88. The van der Waals surface area contributed by atoms with Crippen molar-refractivity contribution in [2.24, 2.45) is 0 Å². The number of amides is 1. The van der Waals surface area contributed by atoms with E-state index in [1.165, 1.54) is 31.4 Å². The van der Waals surface area contributed by atoms with E-state index in [0.717, 1.165) is 6.07 Å². The lowest BCUT2D eigenvalue weighted by atomic mass is 10.1. The van der Waals surface area contributed by atoms with Crippen LogP contribution in [0, 0.1) is 5.82 Å². The molecule has 104 valence electrons. The Kier molecular flexibility index (Phi) is 4.10. The lowest BCUT2D eigenvalue weighted by Gasteiger charge is -2.10. The van der Waals surface area contributed by atoms with Crippen molar-refractivity contribution in [1.82, 2.24) is 0 Å². The Bertz CT molecular complexity index is 662. The van der Waals surface area contributed by atoms with E-state index in [1.54, 1.807) is 6.07 Å². The van der Waals surface area contributed by atoms with Crippen LogP contribution < -0.4 is 15.8 Å². The number of hydrogen-bond acceptors (Lipinski definition) is 3. The SMILES string of the molecule is COc1cc(Cl)ccc1C(=O)Nc1ccc(N)cc1F. The highest BCUT2D eigenvalue weighted by molar-refractivity contribution is 6.31. The zero-order chi connectivity index (χ0) is 14.7. The molecule has 0 saturated heterocycles. The van der Waals surface area contributed by atoms with Crippen molar-refractivity contribution in [1.29, 1.82) is 0 Å². The Hall–Kier alpha value is -2.27. The average molecular weight is 295 g/mol. The van der Waals surface area contributed by atoms with Crippen molar-refractivity contribution in [2.45, 2.75) is 0 Å². The number of halogens is 2. The molecule has 0 fully saturated rings. The molecule has 0 aliphatic rings. The summed E-state index contributed by atoms with van der Waals surface area (Å²) in [7, 11) is 1.42. The van der Waals surface area contributed by atoms with Gasteiger partial charge >= 0.3 is 0 Å². The van der Waals surface area contributed by atoms with Crippen LogP contribution in [0.4, 0.5) is 15.8 Å². The Morgan fingerprint density at radius 1 is 1.30 bits per heavy atom. The largest absolute Gasteiger partial charge is 0.496 e. The van der Waals surface area contributed by atoms with E-state index in [9.17, 15) is 9.18 Å². The summed E-state index contributed by atoms with van der Waals surface area (Å²) in [4.78, 5) is 12.1. The van der Waals surface area contributed by atoms with Gasteiger partial charge in [0.15, 0.2) is 0 Å². The fraction of sp³-hybridized carbons (Fsp3) is 0.0714. The second-order valence-electron chi connectivity index (χ2n) is 4.04. The first kappa shape index (κ1) is 14.1. The van der Waals surface area contributed by atoms with Crippen molar-refractivity contribution in [3.63, 3.8) is 0 Å². The van der Waals surface area contributed by atoms with Crippen LogP contribution in [0.5, 0.6) is 5.75 Å². The number of anilines is 2. The summed E-state index contributed by atoms with van der Waals surface area (Å²) in [6.45, 7) is 0. The van der Waals surface area contributed by atoms with Crippen molar-refractivity contribution in [3.8, 4) is 5.75 Å². The number of nitrogens with two attached hydrogens (primary N) is 1. The van der Waals surface area contributed by atoms with E-state index < -0.39 is 11.7 Å². The molecule has 2 rings (SSSR count). The summed E-state index contributed by atoms with van der Waals surface area (Å²) in [5.74, 6) is -0.792. The zero-order valence-corrected chi connectivity index (χ0v) is 11.4. The van der Waals surface area contributed by atoms with Crippen LogP contribution in [0.25, 0.3) is 0 Å². The molecule has 0 radical (unpaired) electrons. The number of carbonyl (C=O) groups excluding carboxylic acids is 1. The number of carbonyl (C=O) groups is 1. The van der Waals surface area contributed by atoms with Gasteiger partial charge in [0.05, 0.1) is 18.4 Å². The van der Waals surface area contributed by atoms with Gasteiger partial charge in [-0.2, -0.15) is 0 Å². The minimum atomic E-state index is -0.605. The number of nitrogen functional groups attached to an aromatic ring is 1. The Morgan fingerprint density at radius 3 is 2.70 bits per heavy atom. The number of nitrogens with one attached hydrogen (secondary N) is 1. The first-order valence-corrected chi connectivity index (χ1v) is 6.09. The molecule has 0 bridgehead atoms. The quantitative estimate of drug-likeness (QED) is 0.854. The number of rotatable bonds is 3. The van der Waals surface area contributed by atoms with Crippen LogP contribution in [0.2, 0.25) is 5.02 Å². The van der Waals surface area contributed by atoms with Crippen molar-refractivity contribution >= 4 is 28.9 Å². The van der Waals surface area contributed by atoms with Gasteiger partial charge in [0, 0.05) is 10.7 Å². The highest BCUT2D eigenvalue weighted by Crippen LogP contribution is 2.25. The van der Waals surface area contributed by atoms with Gasteiger partial charge in [0.2, 0.25) is 0 Å². The van der Waals surface area contributed by atoms with Gasteiger partial charge < -0.3 is 15.8 Å². The molecular formula is C14H12ClFN2O2. The van der Waals surface area contributed by atoms with E-state index in [4.69, 9.17) is 22.1 Å². The molecule has 0 aromatic heterocycles. The molecule has 2 aromatic carbocycles. The number of ether oxygens (including phenoxy) is 1. The molecule has 2 aromatic rings. The first-order chi connectivity index (χ1) is 9.51. The Labute approximate surface area is 120 Å². The number of hydrogen-bond donors (Lipinski definition) is 2. The van der Waals surface area contributed by atoms with Gasteiger partial charge in [-0.05, 0) is 36.4 Å². The number of benzene rings is 2. The van der Waals surface area contributed by atoms with E-state index in [-0.39, 0.29) is 16.9 Å². The maximum Gasteiger partial charge on any atom is 0.259 e. The monoisotopic (exact) mass is 294 g/mol. The van der Waals surface area contributed by atoms with Crippen LogP contribution in [-0.2, 0) is 0 Å². The van der Waals surface area contributed by atoms with E-state index in [1.807, 2.05) is 0 Å². The summed E-state index contributed by atoms with van der Waals surface area (Å²) in [6, 6.07) is 8.59. The van der Waals surface area contributed by atoms with Crippen LogP contribution in [0.3, 0.4) is 0 Å². The van der Waals surface area contributed by atoms with Crippen molar-refractivity contribution in [3.05, 3.63) is 52.8 Å². The predicted molar refractivity (Wildman–Crippen MR) is 76.8 cm³/mol. The zero-order valence-electron chi connectivity index (χ0n) is 10.6. The van der Waals surface area contributed by atoms with Crippen LogP contribution in [0.1, 0.15) is 10.4 Å². The lowest BCUT2D eigenvalue weighted by Crippen LogP contribution is -2.14. The molecule has 4 nitrogen and oxygen atoms in total. The van der Waals surface area contributed by atoms with Crippen LogP contribution >= 0.6 is 11.6 Å². The molecule has 6 heteroatoms. The smallest absolute Gasteiger partial charge is 0.259 e. The van der Waals surface area contributed by atoms with Crippen molar-refractivity contribution < 1.29 is 13.9 Å². The van der Waals surface area contributed by atoms with Crippen LogP contribution in [0.15, 0.2) is 36.4 Å². The molecule has 0 spiro atoms. The standard InChI is InChI=1S/C14H12ClFN2O2/c1-20-13-6-8(15)2-4-10(13)14(19)18-12-5-3-9(17)7-11(12)16/h2-7H,17H2,1H3,(H,18,19). The molecule has 0 atom stereocenters. The average Bonchev–Trinajstić information content (AvgIpc) is 2.41. The van der Waals surface area contributed by atoms with E-state index in [0.29, 0.717) is 10.8 Å². The summed E-state index contributed by atoms with van der Waals surface area (Å²) in [5.41, 5.74) is 6.03. The second kappa shape index (κ2) is 5.79. The molecule has 0 aliphatic carbocycles.